The van der Waals surface area contributed by atoms with Crippen molar-refractivity contribution in [3.8, 4) is 11.1 Å². The number of hydrogen-bond acceptors (Lipinski definition) is 2. The molecule has 18 heavy (non-hydrogen) atoms. The van der Waals surface area contributed by atoms with Crippen LogP contribution in [-0.2, 0) is 6.61 Å². The fourth-order valence-corrected chi connectivity index (χ4v) is 1.91. The molecule has 0 fully saturated rings. The van der Waals surface area contributed by atoms with Gasteiger partial charge in [-0.15, -0.1) is 0 Å². The zero-order valence-corrected chi connectivity index (χ0v) is 10.3. The lowest BCUT2D eigenvalue weighted by atomic mass is 10.0. The number of aliphatic hydroxyl groups excluding tert-OH is 1. The lowest BCUT2D eigenvalue weighted by Gasteiger charge is -2.10. The van der Waals surface area contributed by atoms with Crippen LogP contribution in [0.25, 0.3) is 11.1 Å². The van der Waals surface area contributed by atoms with Crippen molar-refractivity contribution in [2.75, 3.05) is 0 Å². The van der Waals surface area contributed by atoms with E-state index < -0.39 is 11.6 Å². The molecule has 94 valence electrons. The van der Waals surface area contributed by atoms with Gasteiger partial charge in [0.1, 0.15) is 16.8 Å². The Morgan fingerprint density at radius 2 is 1.89 bits per heavy atom. The Kier molecular flexibility index (Phi) is 3.59. The molecule has 0 amide bonds. The van der Waals surface area contributed by atoms with Gasteiger partial charge in [0.2, 0.25) is 0 Å². The summed E-state index contributed by atoms with van der Waals surface area (Å²) in [5.41, 5.74) is 1.10. The minimum Gasteiger partial charge on any atom is -0.392 e. The predicted octanol–water partition coefficient (Wildman–Crippen LogP) is 3.48. The molecule has 0 radical (unpaired) electrons. The van der Waals surface area contributed by atoms with Crippen LogP contribution in [-0.4, -0.2) is 10.1 Å². The summed E-state index contributed by atoms with van der Waals surface area (Å²) in [5.74, 6) is -1.27. The number of pyridine rings is 1. The van der Waals surface area contributed by atoms with E-state index >= 15 is 0 Å². The summed E-state index contributed by atoms with van der Waals surface area (Å²) in [6.07, 6.45) is 1.42. The summed E-state index contributed by atoms with van der Waals surface area (Å²) in [5, 5.41) is 9.36. The minimum atomic E-state index is -0.637. The van der Waals surface area contributed by atoms with Crippen molar-refractivity contribution < 1.29 is 13.9 Å². The molecule has 0 saturated carbocycles. The molecule has 0 aliphatic rings. The standard InChI is InChI=1S/C13H10ClF2NO/c1-7-11(15)4-8(5-12(7)16)9-2-3-17-13(14)10(9)6-18/h2-5,18H,6H2,1H3. The molecule has 2 aromatic rings. The highest BCUT2D eigenvalue weighted by molar-refractivity contribution is 6.30. The van der Waals surface area contributed by atoms with Crippen LogP contribution in [0.15, 0.2) is 24.4 Å². The van der Waals surface area contributed by atoms with Crippen molar-refractivity contribution in [1.29, 1.82) is 0 Å². The summed E-state index contributed by atoms with van der Waals surface area (Å²) >= 11 is 5.83. The van der Waals surface area contributed by atoms with Crippen LogP contribution in [0, 0.1) is 18.6 Å². The second kappa shape index (κ2) is 5.00. The maximum Gasteiger partial charge on any atom is 0.135 e. The topological polar surface area (TPSA) is 33.1 Å². The molecule has 0 bridgehead atoms. The highest BCUT2D eigenvalue weighted by atomic mass is 35.5. The molecule has 0 atom stereocenters. The van der Waals surface area contributed by atoms with E-state index in [1.807, 2.05) is 0 Å². The maximum absolute atomic E-state index is 13.5. The molecule has 2 nitrogen and oxygen atoms in total. The Morgan fingerprint density at radius 1 is 1.28 bits per heavy atom. The molecule has 1 aromatic heterocycles. The molecule has 1 aromatic carbocycles. The number of rotatable bonds is 2. The van der Waals surface area contributed by atoms with E-state index in [-0.39, 0.29) is 17.3 Å². The van der Waals surface area contributed by atoms with Crippen LogP contribution in [0.5, 0.6) is 0 Å². The first-order valence-electron chi connectivity index (χ1n) is 5.25. The van der Waals surface area contributed by atoms with Gasteiger partial charge in [-0.1, -0.05) is 11.6 Å². The average Bonchev–Trinajstić information content (AvgIpc) is 2.35. The van der Waals surface area contributed by atoms with Crippen LogP contribution in [0.1, 0.15) is 11.1 Å². The second-order valence-corrected chi connectivity index (χ2v) is 4.21. The third kappa shape index (κ3) is 2.21. The van der Waals surface area contributed by atoms with Gasteiger partial charge in [0.25, 0.3) is 0 Å². The molecule has 1 N–H and O–H groups in total. The van der Waals surface area contributed by atoms with E-state index in [1.165, 1.54) is 25.3 Å². The van der Waals surface area contributed by atoms with Crippen molar-refractivity contribution in [2.45, 2.75) is 13.5 Å². The fraction of sp³-hybridized carbons (Fsp3) is 0.154. The van der Waals surface area contributed by atoms with E-state index in [1.54, 1.807) is 6.07 Å². The van der Waals surface area contributed by atoms with Crippen LogP contribution < -0.4 is 0 Å². The van der Waals surface area contributed by atoms with Crippen molar-refractivity contribution in [1.82, 2.24) is 4.98 Å². The van der Waals surface area contributed by atoms with E-state index in [0.717, 1.165) is 0 Å². The van der Waals surface area contributed by atoms with E-state index in [4.69, 9.17) is 11.6 Å². The Morgan fingerprint density at radius 3 is 2.44 bits per heavy atom. The first-order chi connectivity index (χ1) is 8.54. The number of halogens is 3. The number of hydrogen-bond donors (Lipinski definition) is 1. The summed E-state index contributed by atoms with van der Waals surface area (Å²) in [4.78, 5) is 3.82. The molecule has 0 unspecified atom stereocenters. The van der Waals surface area contributed by atoms with Gasteiger partial charge in [-0.2, -0.15) is 0 Å². The summed E-state index contributed by atoms with van der Waals surface area (Å²) in [6, 6.07) is 3.98. The van der Waals surface area contributed by atoms with Crippen molar-refractivity contribution >= 4 is 11.6 Å². The van der Waals surface area contributed by atoms with Crippen molar-refractivity contribution in [2.24, 2.45) is 0 Å². The first-order valence-corrected chi connectivity index (χ1v) is 5.62. The summed E-state index contributed by atoms with van der Waals surface area (Å²) in [6.45, 7) is 1.01. The number of aliphatic hydroxyl groups is 1. The molecule has 0 spiro atoms. The highest BCUT2D eigenvalue weighted by Gasteiger charge is 2.13. The Balaban J connectivity index is 2.66. The Labute approximate surface area is 108 Å². The van der Waals surface area contributed by atoms with Gasteiger partial charge in [0.15, 0.2) is 0 Å². The zero-order chi connectivity index (χ0) is 13.3. The maximum atomic E-state index is 13.5. The molecule has 1 heterocycles. The monoisotopic (exact) mass is 269 g/mol. The van der Waals surface area contributed by atoms with Gasteiger partial charge < -0.3 is 5.11 Å². The Hall–Kier alpha value is -1.52. The van der Waals surface area contributed by atoms with Crippen LogP contribution in [0.3, 0.4) is 0 Å². The average molecular weight is 270 g/mol. The van der Waals surface area contributed by atoms with Crippen LogP contribution in [0.2, 0.25) is 5.15 Å². The molecule has 5 heteroatoms. The number of aromatic nitrogens is 1. The van der Waals surface area contributed by atoms with Gasteiger partial charge >= 0.3 is 0 Å². The molecule has 0 saturated heterocycles. The van der Waals surface area contributed by atoms with E-state index in [9.17, 15) is 13.9 Å². The van der Waals surface area contributed by atoms with Gasteiger partial charge in [-0.05, 0) is 36.2 Å². The van der Waals surface area contributed by atoms with Crippen LogP contribution >= 0.6 is 11.6 Å². The second-order valence-electron chi connectivity index (χ2n) is 3.85. The molecule has 0 aliphatic carbocycles. The predicted molar refractivity (Wildman–Crippen MR) is 65.3 cm³/mol. The zero-order valence-electron chi connectivity index (χ0n) is 9.54. The Bertz CT molecular complexity index is 579. The third-order valence-electron chi connectivity index (χ3n) is 2.75. The smallest absolute Gasteiger partial charge is 0.135 e. The molecular weight excluding hydrogens is 260 g/mol. The normalized spacial score (nSPS) is 10.7. The van der Waals surface area contributed by atoms with Crippen molar-refractivity contribution in [3.05, 3.63) is 52.3 Å². The highest BCUT2D eigenvalue weighted by Crippen LogP contribution is 2.29. The first kappa shape index (κ1) is 12.9. The van der Waals surface area contributed by atoms with Crippen LogP contribution in [0.4, 0.5) is 8.78 Å². The van der Waals surface area contributed by atoms with E-state index in [2.05, 4.69) is 4.98 Å². The quantitative estimate of drug-likeness (QED) is 0.847. The molecular formula is C13H10ClF2NO. The molecule has 0 aliphatic heterocycles. The number of nitrogens with zero attached hydrogens (tertiary/aromatic N) is 1. The third-order valence-corrected chi connectivity index (χ3v) is 3.08. The largest absolute Gasteiger partial charge is 0.392 e. The van der Waals surface area contributed by atoms with E-state index in [0.29, 0.717) is 16.7 Å². The number of benzene rings is 1. The SMILES string of the molecule is Cc1c(F)cc(-c2ccnc(Cl)c2CO)cc1F. The van der Waals surface area contributed by atoms with Gasteiger partial charge in [-0.25, -0.2) is 13.8 Å². The lowest BCUT2D eigenvalue weighted by Crippen LogP contribution is -1.96. The molecule has 2 rings (SSSR count). The lowest BCUT2D eigenvalue weighted by molar-refractivity contribution is 0.282. The van der Waals surface area contributed by atoms with Gasteiger partial charge in [0, 0.05) is 17.3 Å². The van der Waals surface area contributed by atoms with Gasteiger partial charge in [0.05, 0.1) is 6.61 Å². The fourth-order valence-electron chi connectivity index (χ4n) is 1.69. The van der Waals surface area contributed by atoms with Crippen molar-refractivity contribution in [3.63, 3.8) is 0 Å². The minimum absolute atomic E-state index is 0.0375. The summed E-state index contributed by atoms with van der Waals surface area (Å²) in [7, 11) is 0. The summed E-state index contributed by atoms with van der Waals surface area (Å²) < 4.78 is 27.0. The van der Waals surface area contributed by atoms with Gasteiger partial charge in [-0.3, -0.25) is 0 Å².